The Bertz CT molecular complexity index is 398. The molecule has 0 bridgehead atoms. The topological polar surface area (TPSA) is 37.8 Å². The molecule has 2 rings (SSSR count). The lowest BCUT2D eigenvalue weighted by molar-refractivity contribution is 1.14. The second kappa shape index (κ2) is 4.19. The number of nitrogens with zero attached hydrogens (tertiary/aromatic N) is 2. The van der Waals surface area contributed by atoms with Crippen LogP contribution < -0.4 is 5.32 Å². The number of nitrogens with one attached hydrogen (secondary N) is 1. The van der Waals surface area contributed by atoms with Gasteiger partial charge in [0.15, 0.2) is 0 Å². The third kappa shape index (κ3) is 2.09. The fraction of sp³-hybridized carbons (Fsp3) is 0.200. The molecule has 0 fully saturated rings. The van der Waals surface area contributed by atoms with Crippen molar-refractivity contribution in [2.24, 2.45) is 0 Å². The van der Waals surface area contributed by atoms with Gasteiger partial charge in [0.25, 0.3) is 0 Å². The quantitative estimate of drug-likeness (QED) is 0.836. The Kier molecular flexibility index (Phi) is 2.74. The van der Waals surface area contributed by atoms with Gasteiger partial charge in [-0.2, -0.15) is 0 Å². The molecule has 2 aromatic heterocycles. The summed E-state index contributed by atoms with van der Waals surface area (Å²) in [6.45, 7) is 2.88. The summed E-state index contributed by atoms with van der Waals surface area (Å²) in [6, 6.07) is 2.00. The number of thiazole rings is 1. The molecule has 0 saturated carbocycles. The zero-order chi connectivity index (χ0) is 9.80. The van der Waals surface area contributed by atoms with Crippen LogP contribution >= 0.6 is 11.3 Å². The van der Waals surface area contributed by atoms with Crippen LogP contribution in [-0.2, 0) is 6.54 Å². The van der Waals surface area contributed by atoms with E-state index in [-0.39, 0.29) is 0 Å². The van der Waals surface area contributed by atoms with Crippen molar-refractivity contribution in [3.63, 3.8) is 0 Å². The van der Waals surface area contributed by atoms with E-state index in [9.17, 15) is 0 Å². The summed E-state index contributed by atoms with van der Waals surface area (Å²) in [7, 11) is 0. The molecule has 0 aromatic carbocycles. The Morgan fingerprint density at radius 3 is 3.00 bits per heavy atom. The number of anilines is 1. The fourth-order valence-electron chi connectivity index (χ4n) is 1.16. The number of aryl methyl sites for hydroxylation is 1. The number of aromatic nitrogens is 2. The summed E-state index contributed by atoms with van der Waals surface area (Å²) in [5.41, 5.74) is 4.14. The minimum absolute atomic E-state index is 0.817. The summed E-state index contributed by atoms with van der Waals surface area (Å²) in [6.07, 6.45) is 5.52. The third-order valence-corrected chi connectivity index (χ3v) is 2.76. The molecule has 0 aliphatic carbocycles. The number of pyridine rings is 1. The van der Waals surface area contributed by atoms with E-state index < -0.39 is 0 Å². The predicted octanol–water partition coefficient (Wildman–Crippen LogP) is 2.46. The number of hydrogen-bond donors (Lipinski definition) is 1. The molecule has 0 atom stereocenters. The van der Waals surface area contributed by atoms with Crippen LogP contribution in [0.15, 0.2) is 30.2 Å². The first-order valence-corrected chi connectivity index (χ1v) is 5.26. The van der Waals surface area contributed by atoms with Crippen molar-refractivity contribution in [1.29, 1.82) is 0 Å². The lowest BCUT2D eigenvalue weighted by Crippen LogP contribution is -1.99. The van der Waals surface area contributed by atoms with Gasteiger partial charge in [0.05, 0.1) is 23.9 Å². The van der Waals surface area contributed by atoms with Crippen LogP contribution in [0.1, 0.15) is 10.4 Å². The van der Waals surface area contributed by atoms with Crippen LogP contribution in [0.25, 0.3) is 0 Å². The van der Waals surface area contributed by atoms with E-state index in [1.807, 2.05) is 24.0 Å². The van der Waals surface area contributed by atoms with E-state index in [4.69, 9.17) is 0 Å². The summed E-state index contributed by atoms with van der Waals surface area (Å²) in [5, 5.41) is 3.32. The predicted molar refractivity (Wildman–Crippen MR) is 58.4 cm³/mol. The molecule has 0 radical (unpaired) electrons. The number of rotatable bonds is 3. The Hall–Kier alpha value is -1.42. The highest BCUT2D eigenvalue weighted by Gasteiger charge is 1.97. The maximum atomic E-state index is 4.07. The molecule has 0 saturated heterocycles. The van der Waals surface area contributed by atoms with Crippen molar-refractivity contribution in [1.82, 2.24) is 9.97 Å². The Morgan fingerprint density at radius 1 is 1.36 bits per heavy atom. The second-order valence-corrected chi connectivity index (χ2v) is 3.98. The summed E-state index contributed by atoms with van der Waals surface area (Å²) in [4.78, 5) is 9.32. The van der Waals surface area contributed by atoms with Gasteiger partial charge in [-0.15, -0.1) is 11.3 Å². The Labute approximate surface area is 86.8 Å². The van der Waals surface area contributed by atoms with Crippen molar-refractivity contribution < 1.29 is 0 Å². The zero-order valence-electron chi connectivity index (χ0n) is 7.90. The number of hydrogen-bond acceptors (Lipinski definition) is 4. The third-order valence-electron chi connectivity index (χ3n) is 1.98. The van der Waals surface area contributed by atoms with Gasteiger partial charge in [-0.3, -0.25) is 9.97 Å². The summed E-state index contributed by atoms with van der Waals surface area (Å²) < 4.78 is 0. The van der Waals surface area contributed by atoms with Gasteiger partial charge < -0.3 is 5.32 Å². The van der Waals surface area contributed by atoms with E-state index in [2.05, 4.69) is 22.2 Å². The van der Waals surface area contributed by atoms with E-state index in [0.29, 0.717) is 0 Å². The lowest BCUT2D eigenvalue weighted by atomic mass is 10.2. The molecule has 0 aliphatic rings. The monoisotopic (exact) mass is 205 g/mol. The van der Waals surface area contributed by atoms with Crippen LogP contribution in [0.4, 0.5) is 5.69 Å². The van der Waals surface area contributed by atoms with Crippen LogP contribution in [0.5, 0.6) is 0 Å². The highest BCUT2D eigenvalue weighted by atomic mass is 32.1. The molecular weight excluding hydrogens is 194 g/mol. The molecule has 0 unspecified atom stereocenters. The van der Waals surface area contributed by atoms with Crippen LogP contribution in [-0.4, -0.2) is 9.97 Å². The second-order valence-electron chi connectivity index (χ2n) is 3.01. The minimum Gasteiger partial charge on any atom is -0.379 e. The van der Waals surface area contributed by atoms with E-state index >= 15 is 0 Å². The Morgan fingerprint density at radius 2 is 2.29 bits per heavy atom. The molecule has 0 aliphatic heterocycles. The van der Waals surface area contributed by atoms with Gasteiger partial charge in [0, 0.05) is 17.3 Å². The van der Waals surface area contributed by atoms with Crippen molar-refractivity contribution in [3.05, 3.63) is 40.6 Å². The van der Waals surface area contributed by atoms with Gasteiger partial charge in [0.1, 0.15) is 0 Å². The fourth-order valence-corrected chi connectivity index (χ4v) is 1.70. The molecular formula is C10H11N3S. The molecule has 3 nitrogen and oxygen atoms in total. The highest BCUT2D eigenvalue weighted by molar-refractivity contribution is 7.09. The van der Waals surface area contributed by atoms with Crippen molar-refractivity contribution in [2.45, 2.75) is 13.5 Å². The molecule has 72 valence electrons. The van der Waals surface area contributed by atoms with E-state index in [1.54, 1.807) is 17.5 Å². The maximum Gasteiger partial charge on any atom is 0.0794 e. The zero-order valence-corrected chi connectivity index (χ0v) is 8.71. The largest absolute Gasteiger partial charge is 0.379 e. The van der Waals surface area contributed by atoms with Gasteiger partial charge in [-0.1, -0.05) is 0 Å². The van der Waals surface area contributed by atoms with Crippen molar-refractivity contribution in [3.8, 4) is 0 Å². The van der Waals surface area contributed by atoms with Crippen LogP contribution in [0.3, 0.4) is 0 Å². The molecule has 2 aromatic rings. The maximum absolute atomic E-state index is 4.07. The lowest BCUT2D eigenvalue weighted by Gasteiger charge is -2.06. The average molecular weight is 205 g/mol. The summed E-state index contributed by atoms with van der Waals surface area (Å²) in [5.74, 6) is 0. The molecule has 2 heterocycles. The first kappa shape index (κ1) is 9.15. The smallest absolute Gasteiger partial charge is 0.0794 e. The first-order chi connectivity index (χ1) is 6.86. The molecule has 0 spiro atoms. The summed E-state index contributed by atoms with van der Waals surface area (Å²) >= 11 is 1.65. The molecule has 0 amide bonds. The normalized spacial score (nSPS) is 10.1. The van der Waals surface area contributed by atoms with Crippen molar-refractivity contribution >= 4 is 17.0 Å². The van der Waals surface area contributed by atoms with Gasteiger partial charge >= 0.3 is 0 Å². The molecule has 1 N–H and O–H groups in total. The van der Waals surface area contributed by atoms with Crippen LogP contribution in [0, 0.1) is 6.92 Å². The van der Waals surface area contributed by atoms with E-state index in [0.717, 1.165) is 12.2 Å². The Balaban J connectivity index is 2.02. The van der Waals surface area contributed by atoms with Gasteiger partial charge in [0.2, 0.25) is 0 Å². The van der Waals surface area contributed by atoms with Crippen LogP contribution in [0.2, 0.25) is 0 Å². The van der Waals surface area contributed by atoms with Gasteiger partial charge in [-0.05, 0) is 18.6 Å². The highest BCUT2D eigenvalue weighted by Crippen LogP contribution is 2.14. The van der Waals surface area contributed by atoms with Crippen molar-refractivity contribution in [2.75, 3.05) is 5.32 Å². The SMILES string of the molecule is Cc1ccncc1NCc1cncs1. The average Bonchev–Trinajstić information content (AvgIpc) is 2.69. The first-order valence-electron chi connectivity index (χ1n) is 4.38. The molecule has 14 heavy (non-hydrogen) atoms. The standard InChI is InChI=1S/C10H11N3S/c1-8-2-3-11-6-10(8)13-5-9-4-12-7-14-9/h2-4,6-7,13H,5H2,1H3. The van der Waals surface area contributed by atoms with E-state index in [1.165, 1.54) is 10.4 Å². The minimum atomic E-state index is 0.817. The van der Waals surface area contributed by atoms with Gasteiger partial charge in [-0.25, -0.2) is 0 Å². The molecule has 4 heteroatoms.